The summed E-state index contributed by atoms with van der Waals surface area (Å²) >= 11 is 0. The van der Waals surface area contributed by atoms with E-state index in [0.717, 1.165) is 33.5 Å². The first-order chi connectivity index (χ1) is 19.3. The minimum atomic E-state index is -3.95. The fraction of sp³-hybridized carbons (Fsp3) is 0.188. The molecule has 0 saturated carbocycles. The van der Waals surface area contributed by atoms with Crippen molar-refractivity contribution in [1.29, 1.82) is 0 Å². The van der Waals surface area contributed by atoms with Crippen LogP contribution in [0.3, 0.4) is 0 Å². The molecule has 1 amide bonds. The predicted octanol–water partition coefficient (Wildman–Crippen LogP) is 6.35. The van der Waals surface area contributed by atoms with Gasteiger partial charge in [-0.05, 0) is 48.9 Å². The molecule has 204 valence electrons. The Balaban J connectivity index is 1.53. The fourth-order valence-electron chi connectivity index (χ4n) is 4.99. The minimum Gasteiger partial charge on any atom is -0.309 e. The summed E-state index contributed by atoms with van der Waals surface area (Å²) in [6.45, 7) is 5.67. The third-order valence-electron chi connectivity index (χ3n) is 6.88. The quantitative estimate of drug-likeness (QED) is 0.231. The molecular formula is C32H32N4O3S. The molecule has 0 spiro atoms. The van der Waals surface area contributed by atoms with Crippen LogP contribution in [0, 0.1) is 13.8 Å². The first-order valence-electron chi connectivity index (χ1n) is 13.3. The van der Waals surface area contributed by atoms with E-state index in [9.17, 15) is 13.2 Å². The number of para-hydroxylation sites is 1. The summed E-state index contributed by atoms with van der Waals surface area (Å²) in [6.07, 6.45) is 0.562. The van der Waals surface area contributed by atoms with Crippen molar-refractivity contribution < 1.29 is 13.2 Å². The number of aryl methyl sites for hydroxylation is 2. The number of amides is 1. The third kappa shape index (κ3) is 5.28. The van der Waals surface area contributed by atoms with Crippen LogP contribution in [0.1, 0.15) is 24.6 Å². The number of nitrogens with zero attached hydrogens (tertiary/aromatic N) is 3. The average Bonchev–Trinajstić information content (AvgIpc) is 3.28. The summed E-state index contributed by atoms with van der Waals surface area (Å²) in [5.41, 5.74) is 4.27. The molecule has 0 aliphatic rings. The molecule has 5 rings (SSSR count). The van der Waals surface area contributed by atoms with E-state index in [0.29, 0.717) is 17.6 Å². The van der Waals surface area contributed by atoms with Crippen LogP contribution in [-0.4, -0.2) is 41.5 Å². The number of hydrogen-bond acceptors (Lipinski definition) is 4. The van der Waals surface area contributed by atoms with Gasteiger partial charge in [-0.15, -0.1) is 0 Å². The van der Waals surface area contributed by atoms with Gasteiger partial charge in [-0.3, -0.25) is 4.79 Å². The molecule has 5 aromatic rings. The van der Waals surface area contributed by atoms with Gasteiger partial charge in [0.05, 0.1) is 22.8 Å². The number of carbonyl (C=O) groups is 1. The Morgan fingerprint density at radius 1 is 0.875 bits per heavy atom. The second kappa shape index (κ2) is 11.5. The monoisotopic (exact) mass is 552 g/mol. The average molecular weight is 553 g/mol. The van der Waals surface area contributed by atoms with E-state index >= 15 is 0 Å². The van der Waals surface area contributed by atoms with Crippen molar-refractivity contribution in [3.8, 4) is 16.8 Å². The summed E-state index contributed by atoms with van der Waals surface area (Å²) in [5.74, 6) is 0.0613. The van der Waals surface area contributed by atoms with Gasteiger partial charge in [0, 0.05) is 17.5 Å². The van der Waals surface area contributed by atoms with Crippen LogP contribution >= 0.6 is 0 Å². The standard InChI is InChI=1S/C32H32N4O3S/c1-4-21-35(40(38,39)29-20-12-17-25-14-9-10-18-27(25)29)22-30(37)33-32-31(26-15-6-5-7-16-26)24(3)34-36(32)28-19-11-8-13-23(28)2/h5-20H,4,21-22H2,1-3H3,(H,33,37). The lowest BCUT2D eigenvalue weighted by molar-refractivity contribution is -0.116. The van der Waals surface area contributed by atoms with E-state index in [2.05, 4.69) is 5.32 Å². The number of hydrogen-bond donors (Lipinski definition) is 1. The highest BCUT2D eigenvalue weighted by molar-refractivity contribution is 7.89. The topological polar surface area (TPSA) is 84.3 Å². The predicted molar refractivity (Wildman–Crippen MR) is 160 cm³/mol. The van der Waals surface area contributed by atoms with Gasteiger partial charge in [-0.25, -0.2) is 13.1 Å². The zero-order chi connectivity index (χ0) is 28.3. The molecule has 7 nitrogen and oxygen atoms in total. The lowest BCUT2D eigenvalue weighted by Gasteiger charge is -2.22. The molecular weight excluding hydrogens is 520 g/mol. The highest BCUT2D eigenvalue weighted by Gasteiger charge is 2.29. The Hall–Kier alpha value is -4.27. The summed E-state index contributed by atoms with van der Waals surface area (Å²) in [6, 6.07) is 30.1. The van der Waals surface area contributed by atoms with E-state index in [1.165, 1.54) is 4.31 Å². The first-order valence-corrected chi connectivity index (χ1v) is 14.7. The second-order valence-electron chi connectivity index (χ2n) is 9.74. The van der Waals surface area contributed by atoms with Crippen molar-refractivity contribution >= 4 is 32.5 Å². The molecule has 1 heterocycles. The van der Waals surface area contributed by atoms with Crippen LogP contribution in [0.2, 0.25) is 0 Å². The van der Waals surface area contributed by atoms with E-state index in [1.54, 1.807) is 22.9 Å². The SMILES string of the molecule is CCCN(CC(=O)Nc1c(-c2ccccc2)c(C)nn1-c1ccccc1C)S(=O)(=O)c1cccc2ccccc12. The van der Waals surface area contributed by atoms with Crippen LogP contribution in [0.15, 0.2) is 102 Å². The molecule has 40 heavy (non-hydrogen) atoms. The molecule has 0 atom stereocenters. The van der Waals surface area contributed by atoms with Crippen molar-refractivity contribution in [2.75, 3.05) is 18.4 Å². The Labute approximate surface area is 235 Å². The second-order valence-corrected chi connectivity index (χ2v) is 11.6. The van der Waals surface area contributed by atoms with E-state index in [-0.39, 0.29) is 18.0 Å². The minimum absolute atomic E-state index is 0.192. The molecule has 0 unspecified atom stereocenters. The Morgan fingerprint density at radius 3 is 2.30 bits per heavy atom. The Bertz CT molecular complexity index is 1770. The number of sulfonamides is 1. The normalized spacial score (nSPS) is 11.7. The molecule has 0 aliphatic carbocycles. The Kier molecular flexibility index (Phi) is 7.82. The molecule has 1 N–H and O–H groups in total. The smallest absolute Gasteiger partial charge is 0.244 e. The lowest BCUT2D eigenvalue weighted by atomic mass is 10.1. The van der Waals surface area contributed by atoms with Crippen molar-refractivity contribution in [3.63, 3.8) is 0 Å². The summed E-state index contributed by atoms with van der Waals surface area (Å²) in [5, 5.41) is 9.28. The van der Waals surface area contributed by atoms with Crippen molar-refractivity contribution in [2.45, 2.75) is 32.1 Å². The van der Waals surface area contributed by atoms with Gasteiger partial charge in [-0.2, -0.15) is 9.40 Å². The molecule has 0 saturated heterocycles. The van der Waals surface area contributed by atoms with Crippen LogP contribution in [0.25, 0.3) is 27.6 Å². The molecule has 8 heteroatoms. The number of rotatable bonds is 9. The third-order valence-corrected chi connectivity index (χ3v) is 8.79. The first kappa shape index (κ1) is 27.3. The highest BCUT2D eigenvalue weighted by atomic mass is 32.2. The van der Waals surface area contributed by atoms with Crippen LogP contribution in [-0.2, 0) is 14.8 Å². The van der Waals surface area contributed by atoms with E-state index < -0.39 is 15.9 Å². The van der Waals surface area contributed by atoms with E-state index in [1.807, 2.05) is 99.6 Å². The van der Waals surface area contributed by atoms with Gasteiger partial charge in [0.1, 0.15) is 5.82 Å². The number of anilines is 1. The van der Waals surface area contributed by atoms with Gasteiger partial charge in [-0.1, -0.05) is 91.9 Å². The largest absolute Gasteiger partial charge is 0.309 e. The van der Waals surface area contributed by atoms with Crippen molar-refractivity contribution in [2.24, 2.45) is 0 Å². The number of nitrogens with one attached hydrogen (secondary N) is 1. The van der Waals surface area contributed by atoms with Gasteiger partial charge in [0.2, 0.25) is 15.9 Å². The van der Waals surface area contributed by atoms with Gasteiger partial charge < -0.3 is 5.32 Å². The summed E-state index contributed by atoms with van der Waals surface area (Å²) < 4.78 is 30.7. The highest BCUT2D eigenvalue weighted by Crippen LogP contribution is 2.34. The van der Waals surface area contributed by atoms with E-state index in [4.69, 9.17) is 5.10 Å². The maximum atomic E-state index is 13.9. The number of carbonyl (C=O) groups excluding carboxylic acids is 1. The summed E-state index contributed by atoms with van der Waals surface area (Å²) in [4.78, 5) is 13.8. The molecule has 0 bridgehead atoms. The lowest BCUT2D eigenvalue weighted by Crippen LogP contribution is -2.38. The fourth-order valence-corrected chi connectivity index (χ4v) is 6.70. The molecule has 0 aliphatic heterocycles. The van der Waals surface area contributed by atoms with Crippen molar-refractivity contribution in [1.82, 2.24) is 14.1 Å². The van der Waals surface area contributed by atoms with Crippen LogP contribution in [0.4, 0.5) is 5.82 Å². The number of benzene rings is 4. The van der Waals surface area contributed by atoms with Crippen LogP contribution in [0.5, 0.6) is 0 Å². The molecule has 1 aromatic heterocycles. The number of aromatic nitrogens is 2. The maximum Gasteiger partial charge on any atom is 0.244 e. The number of fused-ring (bicyclic) bond motifs is 1. The maximum absolute atomic E-state index is 13.9. The zero-order valence-electron chi connectivity index (χ0n) is 22.8. The van der Waals surface area contributed by atoms with Crippen molar-refractivity contribution in [3.05, 3.63) is 108 Å². The van der Waals surface area contributed by atoms with Crippen LogP contribution < -0.4 is 5.32 Å². The van der Waals surface area contributed by atoms with Gasteiger partial charge >= 0.3 is 0 Å². The molecule has 4 aromatic carbocycles. The Morgan fingerprint density at radius 2 is 1.55 bits per heavy atom. The van der Waals surface area contributed by atoms with Gasteiger partial charge in [0.25, 0.3) is 0 Å². The van der Waals surface area contributed by atoms with Gasteiger partial charge in [0.15, 0.2) is 0 Å². The molecule has 0 radical (unpaired) electrons. The zero-order valence-corrected chi connectivity index (χ0v) is 23.7. The summed E-state index contributed by atoms with van der Waals surface area (Å²) in [7, 11) is -3.95. The molecule has 0 fully saturated rings.